The molecule has 4 heteroatoms. The molecular weight excluding hydrogens is 633 g/mol. The Bertz CT molecular complexity index is 3010. The third-order valence-electron chi connectivity index (χ3n) is 11.2. The van der Waals surface area contributed by atoms with Gasteiger partial charge in [0.2, 0.25) is 0 Å². The summed E-state index contributed by atoms with van der Waals surface area (Å²) in [6.45, 7) is 4.76. The van der Waals surface area contributed by atoms with Gasteiger partial charge in [0.1, 0.15) is 0 Å². The maximum absolute atomic E-state index is 4.99. The van der Waals surface area contributed by atoms with Gasteiger partial charge in [-0.1, -0.05) is 135 Å². The molecule has 11 rings (SSSR count). The molecule has 0 N–H and O–H groups in total. The highest BCUT2D eigenvalue weighted by Crippen LogP contribution is 2.53. The first kappa shape index (κ1) is 29.1. The van der Waals surface area contributed by atoms with E-state index in [1.807, 2.05) is 60.7 Å². The Morgan fingerprint density at radius 2 is 0.846 bits per heavy atom. The minimum Gasteiger partial charge on any atom is -0.309 e. The van der Waals surface area contributed by atoms with E-state index in [4.69, 9.17) is 15.0 Å². The lowest BCUT2D eigenvalue weighted by Gasteiger charge is -2.22. The number of aromatic nitrogens is 4. The molecule has 0 aliphatic heterocycles. The summed E-state index contributed by atoms with van der Waals surface area (Å²) in [6.07, 6.45) is 0. The molecule has 0 saturated carbocycles. The Labute approximate surface area is 300 Å². The number of rotatable bonds is 4. The lowest BCUT2D eigenvalue weighted by molar-refractivity contribution is 0.663. The summed E-state index contributed by atoms with van der Waals surface area (Å²) in [5.74, 6) is 1.96. The van der Waals surface area contributed by atoms with Gasteiger partial charge in [0.05, 0.1) is 11.0 Å². The number of fused-ring (bicyclic) bond motifs is 3. The van der Waals surface area contributed by atoms with E-state index in [2.05, 4.69) is 115 Å². The summed E-state index contributed by atoms with van der Waals surface area (Å²) in [6, 6.07) is 56.3. The first-order valence-electron chi connectivity index (χ1n) is 17.9. The Morgan fingerprint density at radius 3 is 1.46 bits per heavy atom. The summed E-state index contributed by atoms with van der Waals surface area (Å²) in [4.78, 5) is 14.9. The zero-order valence-corrected chi connectivity index (χ0v) is 28.8. The number of hydrogen-bond donors (Lipinski definition) is 0. The normalized spacial score (nSPS) is 13.3. The molecule has 0 radical (unpaired) electrons. The van der Waals surface area contributed by atoms with Gasteiger partial charge in [0.25, 0.3) is 0 Å². The fourth-order valence-corrected chi connectivity index (χ4v) is 8.80. The highest BCUT2D eigenvalue weighted by Gasteiger charge is 2.35. The van der Waals surface area contributed by atoms with Gasteiger partial charge in [-0.05, 0) is 79.8 Å². The fourth-order valence-electron chi connectivity index (χ4n) is 8.80. The minimum atomic E-state index is -0.110. The molecule has 10 aromatic rings. The van der Waals surface area contributed by atoms with Gasteiger partial charge in [0.15, 0.2) is 17.5 Å². The zero-order chi connectivity index (χ0) is 34.6. The molecule has 0 fully saturated rings. The topological polar surface area (TPSA) is 43.6 Å². The molecule has 0 unspecified atom stereocenters. The first-order chi connectivity index (χ1) is 25.6. The van der Waals surface area contributed by atoms with Crippen molar-refractivity contribution in [3.8, 4) is 39.9 Å². The van der Waals surface area contributed by atoms with Gasteiger partial charge in [-0.15, -0.1) is 0 Å². The van der Waals surface area contributed by atoms with Crippen molar-refractivity contribution in [1.29, 1.82) is 0 Å². The highest BCUT2D eigenvalue weighted by molar-refractivity contribution is 6.35. The molecule has 0 bridgehead atoms. The molecule has 2 aromatic heterocycles. The number of benzene rings is 7. The minimum absolute atomic E-state index is 0.110. The standard InChI is InChI=1S/C48H32N4/c1-48(2)37-21-11-19-35-33-17-9-10-18-34(33)36-20-12-22-39-42(36)44-40(28-27-38(48)43(44)41(35)37)52(39)32-25-23-31(24-26-32)47-50-45(29-13-5-3-6-14-29)49-46(51-47)30-15-7-4-8-16-30/h3-28H,1-2H3. The van der Waals surface area contributed by atoms with E-state index in [0.717, 1.165) is 22.4 Å². The number of hydrogen-bond acceptors (Lipinski definition) is 3. The summed E-state index contributed by atoms with van der Waals surface area (Å²) >= 11 is 0. The van der Waals surface area contributed by atoms with Crippen LogP contribution in [0.3, 0.4) is 0 Å². The quantitative estimate of drug-likeness (QED) is 0.188. The largest absolute Gasteiger partial charge is 0.309 e. The van der Waals surface area contributed by atoms with Crippen molar-refractivity contribution in [2.75, 3.05) is 0 Å². The second kappa shape index (κ2) is 10.7. The Hall–Kier alpha value is -6.65. The lowest BCUT2D eigenvalue weighted by atomic mass is 9.81. The van der Waals surface area contributed by atoms with Crippen LogP contribution in [0, 0.1) is 0 Å². The summed E-state index contributed by atoms with van der Waals surface area (Å²) in [5.41, 5.74) is 9.05. The molecule has 0 amide bonds. The van der Waals surface area contributed by atoms with Crippen LogP contribution < -0.4 is 0 Å². The van der Waals surface area contributed by atoms with Crippen molar-refractivity contribution in [3.05, 3.63) is 169 Å². The van der Waals surface area contributed by atoms with E-state index in [-0.39, 0.29) is 5.41 Å². The molecular formula is C48H32N4. The molecule has 8 aromatic carbocycles. The van der Waals surface area contributed by atoms with Crippen LogP contribution in [-0.2, 0) is 5.41 Å². The van der Waals surface area contributed by atoms with Gasteiger partial charge >= 0.3 is 0 Å². The highest BCUT2D eigenvalue weighted by atomic mass is 15.0. The third-order valence-corrected chi connectivity index (χ3v) is 11.2. The van der Waals surface area contributed by atoms with Gasteiger partial charge in [-0.25, -0.2) is 15.0 Å². The zero-order valence-electron chi connectivity index (χ0n) is 28.8. The van der Waals surface area contributed by atoms with Crippen LogP contribution in [-0.4, -0.2) is 19.5 Å². The second-order valence-electron chi connectivity index (χ2n) is 14.4. The van der Waals surface area contributed by atoms with Crippen LogP contribution in [0.4, 0.5) is 0 Å². The summed E-state index contributed by atoms with van der Waals surface area (Å²) in [7, 11) is 0. The molecule has 2 heterocycles. The van der Waals surface area contributed by atoms with Crippen molar-refractivity contribution >= 4 is 54.1 Å². The van der Waals surface area contributed by atoms with Crippen molar-refractivity contribution < 1.29 is 0 Å². The second-order valence-corrected chi connectivity index (χ2v) is 14.4. The van der Waals surface area contributed by atoms with Crippen molar-refractivity contribution in [2.24, 2.45) is 0 Å². The Morgan fingerprint density at radius 1 is 0.365 bits per heavy atom. The van der Waals surface area contributed by atoms with Crippen molar-refractivity contribution in [3.63, 3.8) is 0 Å². The molecule has 0 spiro atoms. The molecule has 0 atom stereocenters. The maximum atomic E-state index is 4.99. The predicted molar refractivity (Wildman–Crippen MR) is 215 cm³/mol. The van der Waals surface area contributed by atoms with Crippen LogP contribution in [0.2, 0.25) is 0 Å². The average molecular weight is 665 g/mol. The molecule has 0 saturated heterocycles. The third kappa shape index (κ3) is 4.00. The summed E-state index contributed by atoms with van der Waals surface area (Å²) in [5, 5.41) is 10.5. The van der Waals surface area contributed by atoms with Crippen molar-refractivity contribution in [1.82, 2.24) is 19.5 Å². The number of nitrogens with zero attached hydrogens (tertiary/aromatic N) is 4. The molecule has 1 aliphatic rings. The van der Waals surface area contributed by atoms with Crippen LogP contribution in [0.15, 0.2) is 158 Å². The fraction of sp³-hybridized carbons (Fsp3) is 0.0625. The van der Waals surface area contributed by atoms with E-state index < -0.39 is 0 Å². The van der Waals surface area contributed by atoms with Gasteiger partial charge < -0.3 is 4.57 Å². The van der Waals surface area contributed by atoms with Gasteiger partial charge in [0, 0.05) is 38.6 Å². The first-order valence-corrected chi connectivity index (χ1v) is 17.9. The smallest absolute Gasteiger partial charge is 0.164 e. The van der Waals surface area contributed by atoms with Gasteiger partial charge in [-0.2, -0.15) is 0 Å². The molecule has 4 nitrogen and oxygen atoms in total. The van der Waals surface area contributed by atoms with Gasteiger partial charge in [-0.3, -0.25) is 0 Å². The van der Waals surface area contributed by atoms with Crippen LogP contribution in [0.25, 0.3) is 94.0 Å². The summed E-state index contributed by atoms with van der Waals surface area (Å²) < 4.78 is 2.44. The molecule has 1 aliphatic carbocycles. The molecule has 52 heavy (non-hydrogen) atoms. The van der Waals surface area contributed by atoms with Crippen molar-refractivity contribution in [2.45, 2.75) is 19.3 Å². The maximum Gasteiger partial charge on any atom is 0.164 e. The van der Waals surface area contributed by atoms with E-state index in [0.29, 0.717) is 17.5 Å². The predicted octanol–water partition coefficient (Wildman–Crippen LogP) is 12.1. The molecule has 244 valence electrons. The Kier molecular flexibility index (Phi) is 5.98. The van der Waals surface area contributed by atoms with Crippen LogP contribution in [0.5, 0.6) is 0 Å². The SMILES string of the molecule is CC1(C)c2cccc3c4ccccc4c4cccc5c4c4c(c1ccc4n5-c1ccc(-c4nc(-c5ccccc5)nc(-c5ccccc5)n4)cc1)c23. The van der Waals surface area contributed by atoms with E-state index in [1.165, 1.54) is 65.3 Å². The monoisotopic (exact) mass is 664 g/mol. The van der Waals surface area contributed by atoms with E-state index >= 15 is 0 Å². The average Bonchev–Trinajstić information content (AvgIpc) is 3.66. The lowest BCUT2D eigenvalue weighted by Crippen LogP contribution is -2.15. The van der Waals surface area contributed by atoms with Crippen LogP contribution >= 0.6 is 0 Å². The Balaban J connectivity index is 1.17. The van der Waals surface area contributed by atoms with Crippen LogP contribution in [0.1, 0.15) is 25.0 Å². The van der Waals surface area contributed by atoms with E-state index in [1.54, 1.807) is 0 Å². The van der Waals surface area contributed by atoms with E-state index in [9.17, 15) is 0 Å².